The Morgan fingerprint density at radius 2 is 1.17 bits per heavy atom. The molecule has 0 saturated heterocycles. The SMILES string of the molecule is [CH2]CCCCCCCCCCC(CC)CCCC. The van der Waals surface area contributed by atoms with Crippen LogP contribution in [0.5, 0.6) is 0 Å². The molecular weight excluding hydrogens is 216 g/mol. The summed E-state index contributed by atoms with van der Waals surface area (Å²) >= 11 is 0. The van der Waals surface area contributed by atoms with Crippen molar-refractivity contribution in [2.45, 2.75) is 104 Å². The zero-order chi connectivity index (χ0) is 13.5. The van der Waals surface area contributed by atoms with Crippen LogP contribution in [-0.4, -0.2) is 0 Å². The molecule has 1 atom stereocenters. The quantitative estimate of drug-likeness (QED) is 0.294. The van der Waals surface area contributed by atoms with E-state index in [0.717, 1.165) is 12.3 Å². The minimum absolute atomic E-state index is 1.02. The molecule has 0 aromatic heterocycles. The maximum absolute atomic E-state index is 3.89. The van der Waals surface area contributed by atoms with Crippen molar-refractivity contribution in [3.63, 3.8) is 0 Å². The van der Waals surface area contributed by atoms with Crippen LogP contribution in [0.1, 0.15) is 104 Å². The molecule has 0 rings (SSSR count). The molecule has 0 saturated carbocycles. The van der Waals surface area contributed by atoms with Gasteiger partial charge < -0.3 is 0 Å². The molecule has 0 amide bonds. The van der Waals surface area contributed by atoms with Crippen molar-refractivity contribution in [2.75, 3.05) is 0 Å². The Hall–Kier alpha value is 0. The Balaban J connectivity index is 3.17. The summed E-state index contributed by atoms with van der Waals surface area (Å²) in [6.45, 7) is 8.56. The maximum atomic E-state index is 3.89. The average molecular weight is 253 g/mol. The monoisotopic (exact) mass is 253 g/mol. The minimum atomic E-state index is 1.02. The zero-order valence-corrected chi connectivity index (χ0v) is 13.2. The summed E-state index contributed by atoms with van der Waals surface area (Å²) < 4.78 is 0. The third-order valence-electron chi connectivity index (χ3n) is 4.16. The van der Waals surface area contributed by atoms with E-state index in [1.54, 1.807) is 0 Å². The molecule has 18 heavy (non-hydrogen) atoms. The van der Waals surface area contributed by atoms with Gasteiger partial charge in [0.2, 0.25) is 0 Å². The molecule has 0 bridgehead atoms. The van der Waals surface area contributed by atoms with Crippen molar-refractivity contribution in [3.05, 3.63) is 6.92 Å². The van der Waals surface area contributed by atoms with E-state index in [1.165, 1.54) is 83.5 Å². The van der Waals surface area contributed by atoms with E-state index in [0.29, 0.717) is 0 Å². The van der Waals surface area contributed by atoms with E-state index in [1.807, 2.05) is 0 Å². The van der Waals surface area contributed by atoms with Gasteiger partial charge in [-0.25, -0.2) is 0 Å². The molecule has 0 fully saturated rings. The smallest absolute Gasteiger partial charge is 0.0417 e. The second kappa shape index (κ2) is 15.1. The minimum Gasteiger partial charge on any atom is -0.0654 e. The van der Waals surface area contributed by atoms with Crippen molar-refractivity contribution in [1.82, 2.24) is 0 Å². The van der Waals surface area contributed by atoms with Crippen molar-refractivity contribution in [3.8, 4) is 0 Å². The summed E-state index contributed by atoms with van der Waals surface area (Å²) in [7, 11) is 0. The Kier molecular flexibility index (Phi) is 15.1. The summed E-state index contributed by atoms with van der Waals surface area (Å²) in [4.78, 5) is 0. The maximum Gasteiger partial charge on any atom is -0.0417 e. The molecule has 1 unspecified atom stereocenters. The normalized spacial score (nSPS) is 12.8. The predicted molar refractivity (Wildman–Crippen MR) is 84.8 cm³/mol. The Morgan fingerprint density at radius 3 is 1.67 bits per heavy atom. The Morgan fingerprint density at radius 1 is 0.667 bits per heavy atom. The third-order valence-corrected chi connectivity index (χ3v) is 4.16. The Labute approximate surface area is 117 Å². The van der Waals surface area contributed by atoms with Crippen molar-refractivity contribution in [1.29, 1.82) is 0 Å². The zero-order valence-electron chi connectivity index (χ0n) is 13.2. The largest absolute Gasteiger partial charge is 0.0654 e. The highest BCUT2D eigenvalue weighted by Gasteiger charge is 2.04. The van der Waals surface area contributed by atoms with Crippen LogP contribution in [0.3, 0.4) is 0 Å². The van der Waals surface area contributed by atoms with E-state index in [4.69, 9.17) is 0 Å². The fraction of sp³-hybridized carbons (Fsp3) is 0.944. The van der Waals surface area contributed by atoms with Crippen LogP contribution in [0.15, 0.2) is 0 Å². The molecule has 0 heteroatoms. The molecule has 0 heterocycles. The van der Waals surface area contributed by atoms with Crippen molar-refractivity contribution < 1.29 is 0 Å². The molecule has 0 aliphatic rings. The summed E-state index contributed by atoms with van der Waals surface area (Å²) in [6.07, 6.45) is 19.8. The van der Waals surface area contributed by atoms with Crippen LogP contribution in [0.4, 0.5) is 0 Å². The standard InChI is InChI=1S/C18H37/c1-4-7-9-10-11-12-13-14-15-17-18(6-3)16-8-5-2/h18H,1,4-17H2,2-3H3. The first-order valence-corrected chi connectivity index (χ1v) is 8.64. The summed E-state index contributed by atoms with van der Waals surface area (Å²) in [5.41, 5.74) is 0. The number of hydrogen-bond donors (Lipinski definition) is 0. The van der Waals surface area contributed by atoms with Crippen LogP contribution in [0.25, 0.3) is 0 Å². The average Bonchev–Trinajstić information content (AvgIpc) is 2.40. The van der Waals surface area contributed by atoms with Gasteiger partial charge in [-0.05, 0) is 5.92 Å². The predicted octanol–water partition coefficient (Wildman–Crippen LogP) is 6.94. The molecule has 1 radical (unpaired) electrons. The lowest BCUT2D eigenvalue weighted by Gasteiger charge is -2.13. The van der Waals surface area contributed by atoms with Gasteiger partial charge in [0.1, 0.15) is 0 Å². The molecule has 0 spiro atoms. The van der Waals surface area contributed by atoms with E-state index in [-0.39, 0.29) is 0 Å². The van der Waals surface area contributed by atoms with E-state index in [2.05, 4.69) is 20.8 Å². The fourth-order valence-electron chi connectivity index (χ4n) is 2.72. The summed E-state index contributed by atoms with van der Waals surface area (Å²) in [6, 6.07) is 0. The second-order valence-electron chi connectivity index (χ2n) is 5.89. The topological polar surface area (TPSA) is 0 Å². The molecular formula is C18H37. The molecule has 109 valence electrons. The third kappa shape index (κ3) is 12.5. The highest BCUT2D eigenvalue weighted by Crippen LogP contribution is 2.20. The molecule has 0 aromatic carbocycles. The molecule has 0 aromatic rings. The molecule has 0 aliphatic heterocycles. The summed E-state index contributed by atoms with van der Waals surface area (Å²) in [5, 5.41) is 0. The lowest BCUT2D eigenvalue weighted by molar-refractivity contribution is 0.399. The van der Waals surface area contributed by atoms with Crippen LogP contribution in [0.2, 0.25) is 0 Å². The first-order chi connectivity index (χ1) is 8.85. The van der Waals surface area contributed by atoms with Crippen molar-refractivity contribution >= 4 is 0 Å². The van der Waals surface area contributed by atoms with Gasteiger partial charge in [0.05, 0.1) is 0 Å². The van der Waals surface area contributed by atoms with Crippen LogP contribution in [-0.2, 0) is 0 Å². The van der Waals surface area contributed by atoms with Gasteiger partial charge in [-0.3, -0.25) is 0 Å². The van der Waals surface area contributed by atoms with Gasteiger partial charge in [0.15, 0.2) is 0 Å². The highest BCUT2D eigenvalue weighted by atomic mass is 14.1. The molecule has 0 N–H and O–H groups in total. The molecule has 0 nitrogen and oxygen atoms in total. The number of rotatable bonds is 14. The Bertz CT molecular complexity index is 139. The second-order valence-corrected chi connectivity index (χ2v) is 5.89. The van der Waals surface area contributed by atoms with E-state index < -0.39 is 0 Å². The van der Waals surface area contributed by atoms with Gasteiger partial charge in [-0.15, -0.1) is 0 Å². The summed E-state index contributed by atoms with van der Waals surface area (Å²) in [5.74, 6) is 1.02. The van der Waals surface area contributed by atoms with Crippen LogP contribution in [0, 0.1) is 12.8 Å². The lowest BCUT2D eigenvalue weighted by atomic mass is 9.93. The van der Waals surface area contributed by atoms with Gasteiger partial charge in [0, 0.05) is 0 Å². The fourth-order valence-corrected chi connectivity index (χ4v) is 2.72. The van der Waals surface area contributed by atoms with Crippen molar-refractivity contribution in [2.24, 2.45) is 5.92 Å². The highest BCUT2D eigenvalue weighted by molar-refractivity contribution is 4.58. The number of unbranched alkanes of at least 4 members (excludes halogenated alkanes) is 9. The van der Waals surface area contributed by atoms with Gasteiger partial charge in [-0.2, -0.15) is 0 Å². The lowest BCUT2D eigenvalue weighted by Crippen LogP contribution is -1.98. The van der Waals surface area contributed by atoms with Gasteiger partial charge >= 0.3 is 0 Å². The van der Waals surface area contributed by atoms with Gasteiger partial charge in [0.25, 0.3) is 0 Å². The first-order valence-electron chi connectivity index (χ1n) is 8.64. The van der Waals surface area contributed by atoms with Crippen LogP contribution >= 0.6 is 0 Å². The van der Waals surface area contributed by atoms with Crippen LogP contribution < -0.4 is 0 Å². The molecule has 0 aliphatic carbocycles. The number of hydrogen-bond acceptors (Lipinski definition) is 0. The van der Waals surface area contributed by atoms with E-state index in [9.17, 15) is 0 Å². The van der Waals surface area contributed by atoms with Gasteiger partial charge in [-0.1, -0.05) is 111 Å². The van der Waals surface area contributed by atoms with E-state index >= 15 is 0 Å². The first kappa shape index (κ1) is 18.0.